The number of nitriles is 1. The van der Waals surface area contributed by atoms with Crippen molar-refractivity contribution in [3.8, 4) is 6.07 Å². The van der Waals surface area contributed by atoms with Crippen LogP contribution in [0.1, 0.15) is 23.5 Å². The van der Waals surface area contributed by atoms with Crippen molar-refractivity contribution in [2.45, 2.75) is 22.1 Å². The fraction of sp³-hybridized carbons (Fsp3) is 0.235. The maximum atomic E-state index is 13.3. The number of sulfone groups is 1. The number of rotatable bonds is 3. The molecule has 1 aliphatic heterocycles. The van der Waals surface area contributed by atoms with Gasteiger partial charge in [-0.1, -0.05) is 12.1 Å². The zero-order valence-electron chi connectivity index (χ0n) is 12.3. The van der Waals surface area contributed by atoms with Gasteiger partial charge in [0.05, 0.1) is 21.4 Å². The van der Waals surface area contributed by atoms with Crippen molar-refractivity contribution in [3.05, 3.63) is 59.4 Å². The minimum Gasteiger partial charge on any atom is -0.316 e. The Balaban J connectivity index is 2.05. The predicted octanol–water partition coefficient (Wildman–Crippen LogP) is 2.61. The van der Waals surface area contributed by atoms with Crippen molar-refractivity contribution >= 4 is 9.84 Å². The predicted molar refractivity (Wildman–Crippen MR) is 83.2 cm³/mol. The fourth-order valence-corrected chi connectivity index (χ4v) is 4.16. The molecule has 4 nitrogen and oxygen atoms in total. The van der Waals surface area contributed by atoms with E-state index in [-0.39, 0.29) is 15.7 Å². The monoisotopic (exact) mass is 330 g/mol. The second-order valence-electron chi connectivity index (χ2n) is 5.51. The van der Waals surface area contributed by atoms with Gasteiger partial charge >= 0.3 is 0 Å². The minimum atomic E-state index is -3.84. The molecule has 0 unspecified atom stereocenters. The maximum absolute atomic E-state index is 13.3. The minimum absolute atomic E-state index is 0.00866. The van der Waals surface area contributed by atoms with E-state index in [2.05, 4.69) is 11.4 Å². The first-order valence-corrected chi connectivity index (χ1v) is 8.76. The van der Waals surface area contributed by atoms with Gasteiger partial charge in [0.1, 0.15) is 5.82 Å². The van der Waals surface area contributed by atoms with Gasteiger partial charge in [-0.25, -0.2) is 12.8 Å². The summed E-state index contributed by atoms with van der Waals surface area (Å²) in [7, 11) is -3.84. The van der Waals surface area contributed by atoms with Gasteiger partial charge in [0.25, 0.3) is 0 Å². The molecule has 0 aliphatic carbocycles. The molecule has 2 aromatic carbocycles. The molecule has 2 aromatic rings. The molecule has 0 radical (unpaired) electrons. The summed E-state index contributed by atoms with van der Waals surface area (Å²) in [6, 6.07) is 11.5. The highest BCUT2D eigenvalue weighted by molar-refractivity contribution is 7.91. The van der Waals surface area contributed by atoms with Gasteiger partial charge in [0.15, 0.2) is 0 Å². The molecule has 118 valence electrons. The lowest BCUT2D eigenvalue weighted by atomic mass is 9.94. The Kier molecular flexibility index (Phi) is 4.16. The number of halogens is 1. The van der Waals surface area contributed by atoms with Crippen LogP contribution in [0, 0.1) is 17.1 Å². The molecular formula is C17H15FN2O2S. The summed E-state index contributed by atoms with van der Waals surface area (Å²) in [5, 5.41) is 12.6. The van der Waals surface area contributed by atoms with E-state index in [1.807, 2.05) is 0 Å². The zero-order valence-corrected chi connectivity index (χ0v) is 13.1. The maximum Gasteiger partial charge on any atom is 0.206 e. The Morgan fingerprint density at radius 1 is 1.17 bits per heavy atom. The van der Waals surface area contributed by atoms with Crippen LogP contribution in [0.2, 0.25) is 0 Å². The molecule has 1 atom stereocenters. The summed E-state index contributed by atoms with van der Waals surface area (Å²) in [6.07, 6.45) is 0.921. The van der Waals surface area contributed by atoms with Gasteiger partial charge < -0.3 is 5.32 Å². The average Bonchev–Trinajstić information content (AvgIpc) is 3.08. The molecule has 6 heteroatoms. The second-order valence-corrected chi connectivity index (χ2v) is 7.46. The third-order valence-corrected chi connectivity index (χ3v) is 5.81. The van der Waals surface area contributed by atoms with Crippen molar-refractivity contribution in [3.63, 3.8) is 0 Å². The molecule has 1 aliphatic rings. The highest BCUT2D eigenvalue weighted by Crippen LogP contribution is 2.29. The molecule has 0 bridgehead atoms. The molecule has 23 heavy (non-hydrogen) atoms. The quantitative estimate of drug-likeness (QED) is 0.939. The average molecular weight is 330 g/mol. The highest BCUT2D eigenvalue weighted by Gasteiger charge is 2.23. The van der Waals surface area contributed by atoms with Crippen LogP contribution in [0.4, 0.5) is 4.39 Å². The van der Waals surface area contributed by atoms with Gasteiger partial charge in [-0.3, -0.25) is 0 Å². The van der Waals surface area contributed by atoms with Gasteiger partial charge in [-0.2, -0.15) is 5.26 Å². The van der Waals surface area contributed by atoms with Crippen LogP contribution in [0.15, 0.2) is 52.3 Å². The smallest absolute Gasteiger partial charge is 0.206 e. The first-order valence-electron chi connectivity index (χ1n) is 7.28. The molecule has 0 saturated carbocycles. The first-order chi connectivity index (χ1) is 11.0. The number of nitrogens with one attached hydrogen (secondary N) is 1. The molecule has 0 amide bonds. The Labute approximate surface area is 134 Å². The van der Waals surface area contributed by atoms with Crippen LogP contribution in [0.3, 0.4) is 0 Å². The Morgan fingerprint density at radius 3 is 2.61 bits per heavy atom. The molecule has 3 rings (SSSR count). The number of hydrogen-bond donors (Lipinski definition) is 1. The topological polar surface area (TPSA) is 70.0 Å². The van der Waals surface area contributed by atoms with E-state index in [4.69, 9.17) is 0 Å². The lowest BCUT2D eigenvalue weighted by Gasteiger charge is -2.12. The Bertz CT molecular complexity index is 882. The zero-order chi connectivity index (χ0) is 16.4. The van der Waals surface area contributed by atoms with Gasteiger partial charge in [0, 0.05) is 6.54 Å². The third kappa shape index (κ3) is 2.98. The summed E-state index contributed by atoms with van der Waals surface area (Å²) >= 11 is 0. The Morgan fingerprint density at radius 2 is 1.96 bits per heavy atom. The summed E-state index contributed by atoms with van der Waals surface area (Å²) in [5.74, 6) is -0.393. The van der Waals surface area contributed by atoms with Gasteiger partial charge in [-0.15, -0.1) is 0 Å². The van der Waals surface area contributed by atoms with E-state index < -0.39 is 15.7 Å². The van der Waals surface area contributed by atoms with E-state index in [1.165, 1.54) is 30.3 Å². The molecule has 1 fully saturated rings. The van der Waals surface area contributed by atoms with Crippen molar-refractivity contribution in [1.82, 2.24) is 5.32 Å². The van der Waals surface area contributed by atoms with Crippen LogP contribution in [0.25, 0.3) is 0 Å². The van der Waals surface area contributed by atoms with Crippen LogP contribution < -0.4 is 5.32 Å². The summed E-state index contributed by atoms with van der Waals surface area (Å²) in [4.78, 5) is -0.106. The number of benzene rings is 2. The van der Waals surface area contributed by atoms with Gasteiger partial charge in [-0.05, 0) is 54.8 Å². The van der Waals surface area contributed by atoms with Crippen LogP contribution in [0.5, 0.6) is 0 Å². The largest absolute Gasteiger partial charge is 0.316 e. The Hall–Kier alpha value is -2.23. The molecule has 1 N–H and O–H groups in total. The molecule has 1 heterocycles. The second kappa shape index (κ2) is 6.11. The molecular weight excluding hydrogens is 315 g/mol. The van der Waals surface area contributed by atoms with Crippen molar-refractivity contribution in [2.75, 3.05) is 13.1 Å². The normalized spacial score (nSPS) is 17.8. The summed E-state index contributed by atoms with van der Waals surface area (Å²) in [5.41, 5.74) is 1.21. The van der Waals surface area contributed by atoms with Crippen LogP contribution in [-0.4, -0.2) is 21.5 Å². The summed E-state index contributed by atoms with van der Waals surface area (Å²) < 4.78 is 38.5. The van der Waals surface area contributed by atoms with Crippen molar-refractivity contribution in [2.24, 2.45) is 0 Å². The summed E-state index contributed by atoms with van der Waals surface area (Å²) in [6.45, 7) is 1.67. The third-order valence-electron chi connectivity index (χ3n) is 4.06. The van der Waals surface area contributed by atoms with E-state index >= 15 is 0 Å². The number of nitrogens with zero attached hydrogens (tertiary/aromatic N) is 1. The first kappa shape index (κ1) is 15.7. The molecule has 0 spiro atoms. The van der Waals surface area contributed by atoms with E-state index in [0.717, 1.165) is 31.1 Å². The lowest BCUT2D eigenvalue weighted by molar-refractivity contribution is 0.590. The standard InChI is InChI=1S/C17H15FN2O2S/c18-14-2-1-3-15(9-14)23(21,22)16-4-5-17(13(8-16)10-19)12-6-7-20-11-12/h1-5,8-9,12,20H,6-7,11H2/t12-/m1/s1. The highest BCUT2D eigenvalue weighted by atomic mass is 32.2. The van der Waals surface area contributed by atoms with Gasteiger partial charge in [0.2, 0.25) is 9.84 Å². The molecule has 0 aromatic heterocycles. The van der Waals surface area contributed by atoms with E-state index in [1.54, 1.807) is 6.07 Å². The number of hydrogen-bond acceptors (Lipinski definition) is 4. The van der Waals surface area contributed by atoms with Crippen molar-refractivity contribution in [1.29, 1.82) is 5.26 Å². The molecule has 1 saturated heterocycles. The van der Waals surface area contributed by atoms with Crippen LogP contribution >= 0.6 is 0 Å². The van der Waals surface area contributed by atoms with Crippen LogP contribution in [-0.2, 0) is 9.84 Å². The van der Waals surface area contributed by atoms with E-state index in [0.29, 0.717) is 5.56 Å². The lowest BCUT2D eigenvalue weighted by Crippen LogP contribution is -2.10. The SMILES string of the molecule is N#Cc1cc(S(=O)(=O)c2cccc(F)c2)ccc1[C@@H]1CCNC1. The fourth-order valence-electron chi connectivity index (χ4n) is 2.85. The van der Waals surface area contributed by atoms with E-state index in [9.17, 15) is 18.1 Å². The van der Waals surface area contributed by atoms with Crippen molar-refractivity contribution < 1.29 is 12.8 Å².